The first-order chi connectivity index (χ1) is 24.8. The zero-order valence-corrected chi connectivity index (χ0v) is 27.2. The van der Waals surface area contributed by atoms with Crippen molar-refractivity contribution in [1.29, 1.82) is 0 Å². The van der Waals surface area contributed by atoms with Crippen LogP contribution in [0.3, 0.4) is 0 Å². The molecule has 0 aliphatic rings. The summed E-state index contributed by atoms with van der Waals surface area (Å²) < 4.78 is 0. The lowest BCUT2D eigenvalue weighted by Gasteiger charge is -2.13. The molecule has 0 radical (unpaired) electrons. The fraction of sp³-hybridized carbons (Fsp3) is 0. The Bertz CT molecular complexity index is 2610. The number of nitrogens with zero attached hydrogens (tertiary/aromatic N) is 3. The molecule has 0 saturated carbocycles. The molecule has 9 aromatic rings. The molecule has 0 spiro atoms. The Morgan fingerprint density at radius 2 is 0.840 bits per heavy atom. The molecule has 50 heavy (non-hydrogen) atoms. The highest BCUT2D eigenvalue weighted by Gasteiger charge is 2.15. The molecule has 0 unspecified atom stereocenters. The first-order valence-corrected chi connectivity index (χ1v) is 16.9. The van der Waals surface area contributed by atoms with Crippen molar-refractivity contribution < 1.29 is 0 Å². The maximum atomic E-state index is 5.19. The van der Waals surface area contributed by atoms with Gasteiger partial charge < -0.3 is 0 Å². The van der Waals surface area contributed by atoms with Crippen LogP contribution in [0.2, 0.25) is 0 Å². The third-order valence-corrected chi connectivity index (χ3v) is 9.28. The summed E-state index contributed by atoms with van der Waals surface area (Å²) in [4.78, 5) is 15.4. The van der Waals surface area contributed by atoms with Gasteiger partial charge in [-0.2, -0.15) is 0 Å². The predicted octanol–water partition coefficient (Wildman–Crippen LogP) is 12.2. The topological polar surface area (TPSA) is 38.7 Å². The van der Waals surface area contributed by atoms with E-state index in [2.05, 4.69) is 164 Å². The number of hydrogen-bond donors (Lipinski definition) is 0. The van der Waals surface area contributed by atoms with Crippen molar-refractivity contribution in [2.24, 2.45) is 0 Å². The molecule has 7 aromatic carbocycles. The average molecular weight is 638 g/mol. The second-order valence-electron chi connectivity index (χ2n) is 12.5. The summed E-state index contributed by atoms with van der Waals surface area (Å²) >= 11 is 0. The van der Waals surface area contributed by atoms with Crippen LogP contribution in [0.4, 0.5) is 0 Å². The van der Waals surface area contributed by atoms with E-state index in [4.69, 9.17) is 15.0 Å². The fourth-order valence-corrected chi connectivity index (χ4v) is 6.76. The van der Waals surface area contributed by atoms with Crippen molar-refractivity contribution in [1.82, 2.24) is 15.0 Å². The van der Waals surface area contributed by atoms with Crippen molar-refractivity contribution in [2.75, 3.05) is 0 Å². The second kappa shape index (κ2) is 12.7. The van der Waals surface area contributed by atoms with Crippen molar-refractivity contribution in [3.8, 4) is 67.4 Å². The molecule has 2 aromatic heterocycles. The first-order valence-electron chi connectivity index (χ1n) is 16.9. The minimum absolute atomic E-state index is 0.681. The molecule has 3 heteroatoms. The maximum Gasteiger partial charge on any atom is 0.160 e. The molecule has 0 bridgehead atoms. The van der Waals surface area contributed by atoms with Gasteiger partial charge in [-0.3, -0.25) is 0 Å². The van der Waals surface area contributed by atoms with E-state index in [-0.39, 0.29) is 0 Å². The van der Waals surface area contributed by atoms with E-state index in [1.54, 1.807) is 0 Å². The molecule has 234 valence electrons. The summed E-state index contributed by atoms with van der Waals surface area (Å²) in [7, 11) is 0. The normalized spacial score (nSPS) is 11.2. The van der Waals surface area contributed by atoms with Crippen molar-refractivity contribution in [2.45, 2.75) is 0 Å². The van der Waals surface area contributed by atoms with Crippen LogP contribution in [-0.2, 0) is 0 Å². The Hall–Kier alpha value is -6.71. The number of benzene rings is 7. The number of rotatable bonds is 6. The van der Waals surface area contributed by atoms with Crippen LogP contribution in [0.1, 0.15) is 0 Å². The number of aromatic nitrogens is 3. The monoisotopic (exact) mass is 637 g/mol. The second-order valence-corrected chi connectivity index (χ2v) is 12.5. The fourth-order valence-electron chi connectivity index (χ4n) is 6.76. The molecule has 0 fully saturated rings. The van der Waals surface area contributed by atoms with E-state index in [9.17, 15) is 0 Å². The third-order valence-electron chi connectivity index (χ3n) is 9.28. The van der Waals surface area contributed by atoms with Crippen LogP contribution >= 0.6 is 0 Å². The first kappa shape index (κ1) is 29.4. The van der Waals surface area contributed by atoms with Crippen LogP contribution in [-0.4, -0.2) is 15.0 Å². The molecule has 0 amide bonds. The van der Waals surface area contributed by atoms with E-state index >= 15 is 0 Å². The third kappa shape index (κ3) is 5.61. The highest BCUT2D eigenvalue weighted by molar-refractivity contribution is 6.13. The smallest absolute Gasteiger partial charge is 0.160 e. The molecule has 0 aliphatic heterocycles. The van der Waals surface area contributed by atoms with Crippen LogP contribution in [0, 0.1) is 0 Å². The largest absolute Gasteiger partial charge is 0.248 e. The number of hydrogen-bond acceptors (Lipinski definition) is 3. The van der Waals surface area contributed by atoms with Gasteiger partial charge in [0, 0.05) is 27.6 Å². The van der Waals surface area contributed by atoms with E-state index in [1.165, 1.54) is 32.8 Å². The molecular formula is C47H31N3. The number of fused-ring (bicyclic) bond motifs is 3. The van der Waals surface area contributed by atoms with Gasteiger partial charge in [-0.05, 0) is 57.3 Å². The van der Waals surface area contributed by atoms with Gasteiger partial charge in [0.25, 0.3) is 0 Å². The quantitative estimate of drug-likeness (QED) is 0.170. The predicted molar refractivity (Wildman–Crippen MR) is 207 cm³/mol. The Labute approximate surface area is 291 Å². The Kier molecular flexibility index (Phi) is 7.49. The zero-order valence-electron chi connectivity index (χ0n) is 27.2. The van der Waals surface area contributed by atoms with E-state index in [0.717, 1.165) is 50.4 Å². The van der Waals surface area contributed by atoms with Gasteiger partial charge in [-0.15, -0.1) is 0 Å². The van der Waals surface area contributed by atoms with Crippen LogP contribution in [0.15, 0.2) is 188 Å². The van der Waals surface area contributed by atoms with E-state index in [0.29, 0.717) is 5.82 Å². The van der Waals surface area contributed by atoms with Gasteiger partial charge in [0.1, 0.15) is 0 Å². The Morgan fingerprint density at radius 1 is 0.300 bits per heavy atom. The van der Waals surface area contributed by atoms with Gasteiger partial charge in [0.05, 0.1) is 22.6 Å². The molecule has 2 heterocycles. The minimum atomic E-state index is 0.681. The van der Waals surface area contributed by atoms with E-state index in [1.807, 2.05) is 24.3 Å². The highest BCUT2D eigenvalue weighted by atomic mass is 14.9. The lowest BCUT2D eigenvalue weighted by atomic mass is 9.94. The standard InChI is InChI=1S/C47H31N3/c1-4-13-32(14-5-1)38-20-12-21-39(29-38)45-31-44(35-18-8-3-9-19-35)49-47(50-45)37-25-23-36(24-26-37)43-30-41(33-15-6-2-7-16-33)46-40-22-11-10-17-34(40)27-28-42(46)48-43/h1-31H. The maximum absolute atomic E-state index is 5.19. The highest BCUT2D eigenvalue weighted by Crippen LogP contribution is 2.37. The molecule has 0 N–H and O–H groups in total. The van der Waals surface area contributed by atoms with Crippen LogP contribution in [0.25, 0.3) is 89.1 Å². The summed E-state index contributed by atoms with van der Waals surface area (Å²) in [5.74, 6) is 0.681. The van der Waals surface area contributed by atoms with Gasteiger partial charge in [0.2, 0.25) is 0 Å². The van der Waals surface area contributed by atoms with Gasteiger partial charge in [0.15, 0.2) is 5.82 Å². The van der Waals surface area contributed by atoms with Crippen LogP contribution in [0.5, 0.6) is 0 Å². The average Bonchev–Trinajstić information content (AvgIpc) is 3.21. The van der Waals surface area contributed by atoms with E-state index < -0.39 is 0 Å². The Balaban J connectivity index is 1.15. The zero-order chi connectivity index (χ0) is 33.3. The SMILES string of the molecule is c1ccc(-c2cccc(-c3cc(-c4ccccc4)nc(-c4ccc(-c5cc(-c6ccccc6)c6c(ccc7ccccc76)n5)cc4)n3)c2)cc1. The summed E-state index contributed by atoms with van der Waals surface area (Å²) in [6.07, 6.45) is 0. The van der Waals surface area contributed by atoms with Crippen molar-refractivity contribution in [3.63, 3.8) is 0 Å². The summed E-state index contributed by atoms with van der Waals surface area (Å²) in [5, 5.41) is 3.59. The molecule has 9 rings (SSSR count). The summed E-state index contributed by atoms with van der Waals surface area (Å²) in [5.41, 5.74) is 12.4. The minimum Gasteiger partial charge on any atom is -0.248 e. The number of pyridine rings is 1. The molecule has 0 saturated heterocycles. The Morgan fingerprint density at radius 3 is 1.58 bits per heavy atom. The molecule has 0 aliphatic carbocycles. The molecule has 0 atom stereocenters. The molecular weight excluding hydrogens is 607 g/mol. The summed E-state index contributed by atoms with van der Waals surface area (Å²) in [6, 6.07) is 65.6. The van der Waals surface area contributed by atoms with Crippen molar-refractivity contribution in [3.05, 3.63) is 188 Å². The van der Waals surface area contributed by atoms with Crippen molar-refractivity contribution >= 4 is 21.7 Å². The van der Waals surface area contributed by atoms with Gasteiger partial charge in [-0.1, -0.05) is 164 Å². The lowest BCUT2D eigenvalue weighted by molar-refractivity contribution is 1.18. The molecule has 3 nitrogen and oxygen atoms in total. The van der Waals surface area contributed by atoms with Gasteiger partial charge in [-0.25, -0.2) is 15.0 Å². The lowest BCUT2D eigenvalue weighted by Crippen LogP contribution is -1.96. The van der Waals surface area contributed by atoms with Gasteiger partial charge >= 0.3 is 0 Å². The van der Waals surface area contributed by atoms with Crippen LogP contribution < -0.4 is 0 Å². The summed E-state index contributed by atoms with van der Waals surface area (Å²) in [6.45, 7) is 0.